The summed E-state index contributed by atoms with van der Waals surface area (Å²) in [5, 5.41) is 2.35. The fourth-order valence-corrected chi connectivity index (χ4v) is 2.81. The maximum absolute atomic E-state index is 5.92. The Balaban J connectivity index is 2.26. The van der Waals surface area contributed by atoms with Crippen molar-refractivity contribution < 1.29 is 0 Å². The van der Waals surface area contributed by atoms with Crippen LogP contribution in [-0.2, 0) is 0 Å². The lowest BCUT2D eigenvalue weighted by Gasteiger charge is -2.09. The van der Waals surface area contributed by atoms with Crippen LogP contribution in [0.2, 0.25) is 5.28 Å². The third kappa shape index (κ3) is 3.31. The average molecular weight is 268 g/mol. The van der Waals surface area contributed by atoms with Crippen LogP contribution in [0, 0.1) is 0 Å². The maximum Gasteiger partial charge on any atom is 0.224 e. The third-order valence-electron chi connectivity index (χ3n) is 2.32. The van der Waals surface area contributed by atoms with Gasteiger partial charge in [0.25, 0.3) is 0 Å². The van der Waals surface area contributed by atoms with Gasteiger partial charge in [-0.15, -0.1) is 11.8 Å². The molecule has 1 aromatic heterocycles. The topological polar surface area (TPSA) is 29.0 Å². The molecule has 0 bridgehead atoms. The molecule has 0 aliphatic carbocycles. The van der Waals surface area contributed by atoms with Gasteiger partial charge in [0.15, 0.2) is 0 Å². The highest BCUT2D eigenvalue weighted by molar-refractivity contribution is 7.99. The number of thioether (sulfide) groups is 1. The number of hydrogen-bond donors (Lipinski definition) is 0. The maximum atomic E-state index is 5.92. The van der Waals surface area contributed by atoms with Crippen molar-refractivity contribution in [2.45, 2.75) is 5.03 Å². The zero-order chi connectivity index (χ0) is 12.3. The summed E-state index contributed by atoms with van der Waals surface area (Å²) in [5.41, 5.74) is 0.903. The van der Waals surface area contributed by atoms with Crippen molar-refractivity contribution in [1.29, 1.82) is 0 Å². The summed E-state index contributed by atoms with van der Waals surface area (Å²) >= 11 is 7.63. The van der Waals surface area contributed by atoms with Gasteiger partial charge in [-0.05, 0) is 31.8 Å². The molecule has 0 fully saturated rings. The van der Waals surface area contributed by atoms with Gasteiger partial charge in [-0.2, -0.15) is 0 Å². The predicted molar refractivity (Wildman–Crippen MR) is 73.8 cm³/mol. The second-order valence-corrected chi connectivity index (χ2v) is 5.39. The van der Waals surface area contributed by atoms with Crippen LogP contribution in [0.3, 0.4) is 0 Å². The van der Waals surface area contributed by atoms with Gasteiger partial charge in [0.05, 0.1) is 5.52 Å². The SMILES string of the molecule is CN(C)CCSc1nc(Cl)nc2ccccc12. The van der Waals surface area contributed by atoms with Gasteiger partial charge in [0.2, 0.25) is 5.28 Å². The standard InChI is InChI=1S/C12H14ClN3S/c1-16(2)7-8-17-11-9-5-3-4-6-10(9)14-12(13)15-11/h3-6H,7-8H2,1-2H3. The zero-order valence-electron chi connectivity index (χ0n) is 9.85. The summed E-state index contributed by atoms with van der Waals surface area (Å²) < 4.78 is 0. The monoisotopic (exact) mass is 267 g/mol. The van der Waals surface area contributed by atoms with E-state index in [1.54, 1.807) is 11.8 Å². The van der Waals surface area contributed by atoms with E-state index in [2.05, 4.69) is 29.0 Å². The molecule has 2 aromatic rings. The van der Waals surface area contributed by atoms with Crippen LogP contribution in [0.15, 0.2) is 29.3 Å². The molecule has 2 rings (SSSR count). The number of halogens is 1. The van der Waals surface area contributed by atoms with Gasteiger partial charge < -0.3 is 4.90 Å². The van der Waals surface area contributed by atoms with Crippen LogP contribution in [0.1, 0.15) is 0 Å². The molecule has 0 atom stereocenters. The zero-order valence-corrected chi connectivity index (χ0v) is 11.4. The second kappa shape index (κ2) is 5.67. The van der Waals surface area contributed by atoms with Crippen molar-refractivity contribution in [2.24, 2.45) is 0 Å². The molecule has 0 radical (unpaired) electrons. The Morgan fingerprint density at radius 3 is 2.76 bits per heavy atom. The Labute approximate surface area is 110 Å². The summed E-state index contributed by atoms with van der Waals surface area (Å²) in [5.74, 6) is 0.990. The van der Waals surface area contributed by atoms with E-state index in [-0.39, 0.29) is 0 Å². The molecule has 0 aliphatic rings. The molecule has 0 amide bonds. The highest BCUT2D eigenvalue weighted by atomic mass is 35.5. The Kier molecular flexibility index (Phi) is 4.20. The molecular formula is C12H14ClN3S. The van der Waals surface area contributed by atoms with E-state index < -0.39 is 0 Å². The number of para-hydroxylation sites is 1. The fourth-order valence-electron chi connectivity index (χ4n) is 1.46. The van der Waals surface area contributed by atoms with Crippen LogP contribution in [-0.4, -0.2) is 41.3 Å². The van der Waals surface area contributed by atoms with Crippen molar-refractivity contribution in [1.82, 2.24) is 14.9 Å². The Hall–Kier alpha value is -0.840. The van der Waals surface area contributed by atoms with Crippen molar-refractivity contribution >= 4 is 34.3 Å². The first-order valence-electron chi connectivity index (χ1n) is 5.36. The van der Waals surface area contributed by atoms with Crippen molar-refractivity contribution in [3.63, 3.8) is 0 Å². The van der Waals surface area contributed by atoms with Crippen LogP contribution in [0.4, 0.5) is 0 Å². The van der Waals surface area contributed by atoms with Gasteiger partial charge in [-0.3, -0.25) is 0 Å². The lowest BCUT2D eigenvalue weighted by Crippen LogP contribution is -2.14. The third-order valence-corrected chi connectivity index (χ3v) is 3.46. The van der Waals surface area contributed by atoms with Crippen LogP contribution in [0.5, 0.6) is 0 Å². The van der Waals surface area contributed by atoms with Gasteiger partial charge >= 0.3 is 0 Å². The van der Waals surface area contributed by atoms with E-state index in [0.717, 1.165) is 28.2 Å². The first kappa shape index (κ1) is 12.6. The molecule has 0 N–H and O–H groups in total. The number of nitrogens with zero attached hydrogens (tertiary/aromatic N) is 3. The summed E-state index contributed by atoms with van der Waals surface area (Å²) in [7, 11) is 4.12. The van der Waals surface area contributed by atoms with Gasteiger partial charge in [0, 0.05) is 17.7 Å². The Bertz CT molecular complexity index is 516. The molecule has 1 aromatic carbocycles. The van der Waals surface area contributed by atoms with Crippen molar-refractivity contribution in [3.05, 3.63) is 29.5 Å². The van der Waals surface area contributed by atoms with Crippen molar-refractivity contribution in [3.8, 4) is 0 Å². The quantitative estimate of drug-likeness (QED) is 0.484. The molecule has 5 heteroatoms. The lowest BCUT2D eigenvalue weighted by atomic mass is 10.2. The average Bonchev–Trinajstić information content (AvgIpc) is 2.28. The molecule has 0 unspecified atom stereocenters. The number of rotatable bonds is 4. The largest absolute Gasteiger partial charge is 0.309 e. The number of fused-ring (bicyclic) bond motifs is 1. The minimum Gasteiger partial charge on any atom is -0.309 e. The first-order valence-corrected chi connectivity index (χ1v) is 6.73. The number of benzene rings is 1. The first-order chi connectivity index (χ1) is 8.16. The van der Waals surface area contributed by atoms with Crippen LogP contribution < -0.4 is 0 Å². The highest BCUT2D eigenvalue weighted by Gasteiger charge is 2.06. The number of hydrogen-bond acceptors (Lipinski definition) is 4. The number of aromatic nitrogens is 2. The summed E-state index contributed by atoms with van der Waals surface area (Å²) in [6.45, 7) is 1.01. The summed E-state index contributed by atoms with van der Waals surface area (Å²) in [4.78, 5) is 10.7. The van der Waals surface area contributed by atoms with E-state index in [0.29, 0.717) is 5.28 Å². The molecule has 0 saturated heterocycles. The molecule has 17 heavy (non-hydrogen) atoms. The molecule has 0 saturated carbocycles. The van der Waals surface area contributed by atoms with E-state index in [1.165, 1.54) is 0 Å². The molecule has 0 aliphatic heterocycles. The minimum absolute atomic E-state index is 0.316. The molecular weight excluding hydrogens is 254 g/mol. The summed E-state index contributed by atoms with van der Waals surface area (Å²) in [6.07, 6.45) is 0. The fraction of sp³-hybridized carbons (Fsp3) is 0.333. The predicted octanol–water partition coefficient (Wildman–Crippen LogP) is 2.94. The Morgan fingerprint density at radius 2 is 2.00 bits per heavy atom. The second-order valence-electron chi connectivity index (χ2n) is 3.97. The smallest absolute Gasteiger partial charge is 0.224 e. The Morgan fingerprint density at radius 1 is 1.24 bits per heavy atom. The normalized spacial score (nSPS) is 11.3. The van der Waals surface area contributed by atoms with Gasteiger partial charge in [-0.1, -0.05) is 18.2 Å². The van der Waals surface area contributed by atoms with Crippen LogP contribution >= 0.6 is 23.4 Å². The van der Waals surface area contributed by atoms with E-state index in [1.807, 2.05) is 24.3 Å². The molecule has 0 spiro atoms. The van der Waals surface area contributed by atoms with Gasteiger partial charge in [-0.25, -0.2) is 9.97 Å². The summed E-state index contributed by atoms with van der Waals surface area (Å²) in [6, 6.07) is 7.94. The minimum atomic E-state index is 0.316. The van der Waals surface area contributed by atoms with E-state index in [4.69, 9.17) is 11.6 Å². The van der Waals surface area contributed by atoms with E-state index in [9.17, 15) is 0 Å². The molecule has 1 heterocycles. The molecule has 90 valence electrons. The van der Waals surface area contributed by atoms with Crippen molar-refractivity contribution in [2.75, 3.05) is 26.4 Å². The van der Waals surface area contributed by atoms with Gasteiger partial charge in [0.1, 0.15) is 5.03 Å². The van der Waals surface area contributed by atoms with E-state index >= 15 is 0 Å². The lowest BCUT2D eigenvalue weighted by molar-refractivity contribution is 0.437. The van der Waals surface area contributed by atoms with Crippen LogP contribution in [0.25, 0.3) is 10.9 Å². The highest BCUT2D eigenvalue weighted by Crippen LogP contribution is 2.26. The molecule has 3 nitrogen and oxygen atoms in total.